The van der Waals surface area contributed by atoms with E-state index < -0.39 is 11.7 Å². The lowest BCUT2D eigenvalue weighted by atomic mass is 10.0. The van der Waals surface area contributed by atoms with Crippen molar-refractivity contribution in [3.05, 3.63) is 77.7 Å². The summed E-state index contributed by atoms with van der Waals surface area (Å²) in [6.07, 6.45) is -0.310. The summed E-state index contributed by atoms with van der Waals surface area (Å²) in [7, 11) is 0. The van der Waals surface area contributed by atoms with Gasteiger partial charge in [0.2, 0.25) is 0 Å². The molecule has 2 aromatic heterocycles. The number of aromatic nitrogens is 2. The molecule has 8 heteroatoms. The number of alkyl halides is 3. The molecule has 0 amide bonds. The van der Waals surface area contributed by atoms with Gasteiger partial charge in [-0.25, -0.2) is 4.98 Å². The largest absolute Gasteiger partial charge is 0.416 e. The van der Waals surface area contributed by atoms with Crippen molar-refractivity contribution in [3.8, 4) is 22.3 Å². The van der Waals surface area contributed by atoms with Crippen LogP contribution in [0, 0.1) is 11.8 Å². The number of nitrogens with two attached hydrogens (primary N) is 1. The van der Waals surface area contributed by atoms with Crippen LogP contribution in [0.1, 0.15) is 23.7 Å². The summed E-state index contributed by atoms with van der Waals surface area (Å²) >= 11 is 1.49. The number of thiazole rings is 1. The predicted octanol–water partition coefficient (Wildman–Crippen LogP) is 5.73. The Labute approximate surface area is 193 Å². The molecule has 0 bridgehead atoms. The van der Waals surface area contributed by atoms with E-state index in [1.54, 1.807) is 13.1 Å². The van der Waals surface area contributed by atoms with Crippen LogP contribution < -0.4 is 11.1 Å². The lowest BCUT2D eigenvalue weighted by molar-refractivity contribution is -0.137. The number of fused-ring (bicyclic) bond motifs is 1. The number of halogens is 3. The molecule has 4 rings (SSSR count). The fraction of sp³-hybridized carbons (Fsp3) is 0.200. The predicted molar refractivity (Wildman–Crippen MR) is 127 cm³/mol. The molecule has 4 aromatic rings. The SMILES string of the molecule is CC#Cc1nc(NC[C@H](N)Cc2ccc(C(F)(F)F)cc2)sc1-c1ccc2cnccc2c1. The standard InChI is InChI=1S/C25H21F3N4S/c1-2-3-22-23(18-6-7-19-14-30-11-10-17(19)13-18)33-24(32-22)31-15-21(29)12-16-4-8-20(9-5-16)25(26,27)28/h4-11,13-14,21H,12,15,29H2,1H3,(H,31,32)/t21-/m1/s1. The Hall–Kier alpha value is -3.41. The van der Waals surface area contributed by atoms with Crippen molar-refractivity contribution in [1.82, 2.24) is 9.97 Å². The van der Waals surface area contributed by atoms with E-state index in [-0.39, 0.29) is 6.04 Å². The van der Waals surface area contributed by atoms with Crippen LogP contribution in [0.2, 0.25) is 0 Å². The van der Waals surface area contributed by atoms with Gasteiger partial charge in [-0.3, -0.25) is 4.98 Å². The first-order valence-corrected chi connectivity index (χ1v) is 11.1. The molecule has 2 heterocycles. The highest BCUT2D eigenvalue weighted by Gasteiger charge is 2.29. The summed E-state index contributed by atoms with van der Waals surface area (Å²) < 4.78 is 38.2. The minimum absolute atomic E-state index is 0.289. The lowest BCUT2D eigenvalue weighted by Gasteiger charge is -2.13. The van der Waals surface area contributed by atoms with E-state index >= 15 is 0 Å². The molecule has 0 spiro atoms. The number of nitrogens with zero attached hydrogens (tertiary/aromatic N) is 2. The molecule has 4 nitrogen and oxygen atoms in total. The Kier molecular flexibility index (Phi) is 6.63. The van der Waals surface area contributed by atoms with E-state index in [1.165, 1.54) is 23.5 Å². The summed E-state index contributed by atoms with van der Waals surface area (Å²) in [6, 6.07) is 12.9. The number of hydrogen-bond acceptors (Lipinski definition) is 5. The molecule has 0 aliphatic carbocycles. The molecule has 0 aliphatic heterocycles. The number of nitrogens with one attached hydrogen (secondary N) is 1. The van der Waals surface area contributed by atoms with Crippen LogP contribution in [0.15, 0.2) is 60.9 Å². The molecular formula is C25H21F3N4S. The van der Waals surface area contributed by atoms with Crippen molar-refractivity contribution in [2.45, 2.75) is 25.6 Å². The highest BCUT2D eigenvalue weighted by molar-refractivity contribution is 7.19. The van der Waals surface area contributed by atoms with E-state index in [0.717, 1.165) is 38.9 Å². The van der Waals surface area contributed by atoms with Gasteiger partial charge in [0, 0.05) is 30.4 Å². The zero-order chi connectivity index (χ0) is 23.4. The fourth-order valence-corrected chi connectivity index (χ4v) is 4.37. The molecule has 0 radical (unpaired) electrons. The first-order chi connectivity index (χ1) is 15.8. The Bertz CT molecular complexity index is 1320. The minimum atomic E-state index is -4.34. The summed E-state index contributed by atoms with van der Waals surface area (Å²) in [4.78, 5) is 9.72. The summed E-state index contributed by atoms with van der Waals surface area (Å²) in [5.41, 5.74) is 8.01. The average molecular weight is 467 g/mol. The van der Waals surface area contributed by atoms with Crippen LogP contribution in [0.5, 0.6) is 0 Å². The molecule has 0 aliphatic rings. The van der Waals surface area contributed by atoms with Crippen LogP contribution in [-0.2, 0) is 12.6 Å². The van der Waals surface area contributed by atoms with Gasteiger partial charge < -0.3 is 11.1 Å². The summed E-state index contributed by atoms with van der Waals surface area (Å²) in [6.45, 7) is 2.19. The van der Waals surface area contributed by atoms with Crippen molar-refractivity contribution in [3.63, 3.8) is 0 Å². The van der Waals surface area contributed by atoms with Crippen molar-refractivity contribution in [2.24, 2.45) is 5.73 Å². The maximum absolute atomic E-state index is 12.7. The molecule has 1 atom stereocenters. The zero-order valence-electron chi connectivity index (χ0n) is 17.8. The number of rotatable bonds is 6. The maximum Gasteiger partial charge on any atom is 0.416 e. The zero-order valence-corrected chi connectivity index (χ0v) is 18.6. The maximum atomic E-state index is 12.7. The second-order valence-electron chi connectivity index (χ2n) is 7.55. The molecule has 0 saturated carbocycles. The van der Waals surface area contributed by atoms with Crippen LogP contribution in [0.4, 0.5) is 18.3 Å². The minimum Gasteiger partial charge on any atom is -0.360 e. The van der Waals surface area contributed by atoms with E-state index in [0.29, 0.717) is 23.8 Å². The third-order valence-electron chi connectivity index (χ3n) is 5.07. The number of hydrogen-bond donors (Lipinski definition) is 2. The van der Waals surface area contributed by atoms with Crippen molar-refractivity contribution in [2.75, 3.05) is 11.9 Å². The number of pyridine rings is 1. The molecule has 2 aromatic carbocycles. The Morgan fingerprint density at radius 2 is 1.88 bits per heavy atom. The Morgan fingerprint density at radius 3 is 2.61 bits per heavy atom. The summed E-state index contributed by atoms with van der Waals surface area (Å²) in [5, 5.41) is 6.09. The Morgan fingerprint density at radius 1 is 1.09 bits per heavy atom. The van der Waals surface area contributed by atoms with Crippen molar-refractivity contribution in [1.29, 1.82) is 0 Å². The van der Waals surface area contributed by atoms with Gasteiger partial charge in [-0.1, -0.05) is 41.5 Å². The second-order valence-corrected chi connectivity index (χ2v) is 8.55. The first-order valence-electron chi connectivity index (χ1n) is 10.3. The average Bonchev–Trinajstić information content (AvgIpc) is 3.20. The molecule has 0 saturated heterocycles. The van der Waals surface area contributed by atoms with Gasteiger partial charge >= 0.3 is 6.18 Å². The third-order valence-corrected chi connectivity index (χ3v) is 6.13. The van der Waals surface area contributed by atoms with Gasteiger partial charge in [0.25, 0.3) is 0 Å². The smallest absolute Gasteiger partial charge is 0.360 e. The molecule has 3 N–H and O–H groups in total. The highest BCUT2D eigenvalue weighted by atomic mass is 32.1. The van der Waals surface area contributed by atoms with E-state index in [9.17, 15) is 13.2 Å². The van der Waals surface area contributed by atoms with Crippen molar-refractivity contribution >= 4 is 27.2 Å². The van der Waals surface area contributed by atoms with Gasteiger partial charge in [-0.05, 0) is 60.0 Å². The topological polar surface area (TPSA) is 63.8 Å². The van der Waals surface area contributed by atoms with Gasteiger partial charge in [0.1, 0.15) is 5.69 Å². The van der Waals surface area contributed by atoms with E-state index in [1.807, 2.05) is 24.4 Å². The normalized spacial score (nSPS) is 12.3. The monoisotopic (exact) mass is 466 g/mol. The van der Waals surface area contributed by atoms with Crippen molar-refractivity contribution < 1.29 is 13.2 Å². The third kappa shape index (κ3) is 5.51. The second kappa shape index (κ2) is 9.61. The quantitative estimate of drug-likeness (QED) is 0.356. The highest BCUT2D eigenvalue weighted by Crippen LogP contribution is 2.34. The molecular weight excluding hydrogens is 445 g/mol. The molecule has 33 heavy (non-hydrogen) atoms. The first kappa shape index (κ1) is 22.8. The van der Waals surface area contributed by atoms with Crippen LogP contribution >= 0.6 is 11.3 Å². The van der Waals surface area contributed by atoms with Crippen LogP contribution in [0.3, 0.4) is 0 Å². The Balaban J connectivity index is 1.46. The molecule has 0 unspecified atom stereocenters. The van der Waals surface area contributed by atoms with Gasteiger partial charge in [0.05, 0.1) is 10.4 Å². The van der Waals surface area contributed by atoms with E-state index in [2.05, 4.69) is 33.2 Å². The van der Waals surface area contributed by atoms with Crippen LogP contribution in [0.25, 0.3) is 21.2 Å². The lowest BCUT2D eigenvalue weighted by Crippen LogP contribution is -2.31. The van der Waals surface area contributed by atoms with Gasteiger partial charge in [-0.15, -0.1) is 0 Å². The molecule has 0 fully saturated rings. The summed E-state index contributed by atoms with van der Waals surface area (Å²) in [5.74, 6) is 5.97. The fourth-order valence-electron chi connectivity index (χ4n) is 3.44. The van der Waals surface area contributed by atoms with Gasteiger partial charge in [0.15, 0.2) is 5.13 Å². The van der Waals surface area contributed by atoms with E-state index in [4.69, 9.17) is 5.73 Å². The number of anilines is 1. The van der Waals surface area contributed by atoms with Crippen LogP contribution in [-0.4, -0.2) is 22.6 Å². The number of benzene rings is 2. The molecule has 168 valence electrons. The van der Waals surface area contributed by atoms with Gasteiger partial charge in [-0.2, -0.15) is 13.2 Å².